The van der Waals surface area contributed by atoms with Gasteiger partial charge in [-0.2, -0.15) is 4.79 Å². The largest absolute Gasteiger partial charge is 0.361 e. The molecule has 3 nitrogen and oxygen atoms in total. The lowest BCUT2D eigenvalue weighted by Gasteiger charge is -2.29. The van der Waals surface area contributed by atoms with Crippen molar-refractivity contribution in [1.29, 1.82) is 0 Å². The molecule has 0 amide bonds. The standard InChI is InChI=1S/C10H12N2O/c11-12-9-7-2-5-1-6(4-7)8(3-5)10(9)13/h5-8H,1-4H2/t5-,6+,7-,8+/m0/s1. The van der Waals surface area contributed by atoms with Crippen LogP contribution in [0.2, 0.25) is 0 Å². The molecular weight excluding hydrogens is 164 g/mol. The molecule has 0 unspecified atom stereocenters. The second kappa shape index (κ2) is 2.30. The Kier molecular flexibility index (Phi) is 1.32. The number of hydrogen-bond acceptors (Lipinski definition) is 1. The van der Waals surface area contributed by atoms with E-state index >= 15 is 0 Å². The van der Waals surface area contributed by atoms with Crippen LogP contribution < -0.4 is 0 Å². The van der Waals surface area contributed by atoms with Crippen molar-refractivity contribution < 1.29 is 9.58 Å². The van der Waals surface area contributed by atoms with Gasteiger partial charge in [-0.3, -0.25) is 4.79 Å². The minimum Gasteiger partial charge on any atom is -0.361 e. The predicted molar refractivity (Wildman–Crippen MR) is 46.1 cm³/mol. The van der Waals surface area contributed by atoms with Crippen LogP contribution >= 0.6 is 0 Å². The van der Waals surface area contributed by atoms with E-state index in [2.05, 4.69) is 4.79 Å². The van der Waals surface area contributed by atoms with Crippen molar-refractivity contribution in [3.8, 4) is 0 Å². The summed E-state index contributed by atoms with van der Waals surface area (Å²) in [7, 11) is 0. The smallest absolute Gasteiger partial charge is 0.337 e. The highest BCUT2D eigenvalue weighted by atomic mass is 16.1. The number of ketones is 1. The summed E-state index contributed by atoms with van der Waals surface area (Å²) in [5.74, 6) is 1.97. The lowest BCUT2D eigenvalue weighted by atomic mass is 9.70. The molecule has 0 aromatic heterocycles. The summed E-state index contributed by atoms with van der Waals surface area (Å²) in [5, 5.41) is 0. The molecule has 4 atom stereocenters. The predicted octanol–water partition coefficient (Wildman–Crippen LogP) is 1.29. The van der Waals surface area contributed by atoms with Crippen LogP contribution in [0.3, 0.4) is 0 Å². The van der Waals surface area contributed by atoms with E-state index in [1.54, 1.807) is 0 Å². The second-order valence-electron chi connectivity index (χ2n) is 4.72. The second-order valence-corrected chi connectivity index (χ2v) is 4.72. The van der Waals surface area contributed by atoms with Crippen molar-refractivity contribution in [2.24, 2.45) is 23.7 Å². The molecule has 3 heteroatoms. The molecule has 0 spiro atoms. The number of hydrogen-bond donors (Lipinski definition) is 0. The van der Waals surface area contributed by atoms with Crippen molar-refractivity contribution in [2.45, 2.75) is 25.7 Å². The number of fused-ring (bicyclic) bond motifs is 2. The van der Waals surface area contributed by atoms with Crippen LogP contribution in [0.25, 0.3) is 5.53 Å². The van der Waals surface area contributed by atoms with Gasteiger partial charge in [-0.1, -0.05) is 0 Å². The van der Waals surface area contributed by atoms with Crippen LogP contribution in [0.1, 0.15) is 25.7 Å². The zero-order valence-electron chi connectivity index (χ0n) is 7.44. The molecule has 0 radical (unpaired) electrons. The zero-order chi connectivity index (χ0) is 9.00. The van der Waals surface area contributed by atoms with Crippen molar-refractivity contribution in [1.82, 2.24) is 0 Å². The van der Waals surface area contributed by atoms with Gasteiger partial charge in [-0.25, -0.2) is 0 Å². The van der Waals surface area contributed by atoms with Gasteiger partial charge in [-0.15, -0.1) is 0 Å². The molecular formula is C10H12N2O. The van der Waals surface area contributed by atoms with E-state index in [1.165, 1.54) is 6.42 Å². The van der Waals surface area contributed by atoms with Gasteiger partial charge < -0.3 is 5.53 Å². The fraction of sp³-hybridized carbons (Fsp3) is 0.800. The van der Waals surface area contributed by atoms with Gasteiger partial charge in [0.25, 0.3) is 0 Å². The first kappa shape index (κ1) is 7.45. The number of carbonyl (C=O) groups is 1. The van der Waals surface area contributed by atoms with Crippen molar-refractivity contribution in [3.05, 3.63) is 5.53 Å². The number of nitrogens with zero attached hydrogens (tertiary/aromatic N) is 2. The van der Waals surface area contributed by atoms with E-state index in [0.717, 1.165) is 25.2 Å². The van der Waals surface area contributed by atoms with Crippen molar-refractivity contribution in [2.75, 3.05) is 0 Å². The minimum absolute atomic E-state index is 0.142. The van der Waals surface area contributed by atoms with Gasteiger partial charge in [0, 0.05) is 5.92 Å². The van der Waals surface area contributed by atoms with Crippen LogP contribution in [0, 0.1) is 23.7 Å². The molecule has 0 aliphatic heterocycles. The molecule has 3 rings (SSSR count). The normalized spacial score (nSPS) is 46.8. The summed E-state index contributed by atoms with van der Waals surface area (Å²) >= 11 is 0. The van der Waals surface area contributed by atoms with Crippen LogP contribution in [-0.2, 0) is 4.79 Å². The first-order valence-electron chi connectivity index (χ1n) is 5.05. The van der Waals surface area contributed by atoms with E-state index in [4.69, 9.17) is 5.53 Å². The van der Waals surface area contributed by atoms with E-state index in [9.17, 15) is 4.79 Å². The van der Waals surface area contributed by atoms with E-state index in [-0.39, 0.29) is 17.6 Å². The molecule has 0 aromatic rings. The molecule has 68 valence electrons. The maximum Gasteiger partial charge on any atom is 0.337 e. The average Bonchev–Trinajstić information content (AvgIpc) is 2.36. The SMILES string of the molecule is [N-]=[N+]=C1C(=O)[C@@H]2C[C@@H]3C[C@H]1C[C@H]2C3. The third-order valence-corrected chi connectivity index (χ3v) is 4.08. The average molecular weight is 176 g/mol. The molecule has 0 aromatic carbocycles. The van der Waals surface area contributed by atoms with E-state index in [1.807, 2.05) is 0 Å². The van der Waals surface area contributed by atoms with Gasteiger partial charge in [-0.05, 0) is 37.5 Å². The lowest BCUT2D eigenvalue weighted by Crippen LogP contribution is -2.39. The monoisotopic (exact) mass is 176 g/mol. The maximum atomic E-state index is 11.8. The Morgan fingerprint density at radius 1 is 1.23 bits per heavy atom. The minimum atomic E-state index is 0.142. The van der Waals surface area contributed by atoms with Gasteiger partial charge in [0.15, 0.2) is 0 Å². The fourth-order valence-corrected chi connectivity index (χ4v) is 3.62. The topological polar surface area (TPSA) is 53.5 Å². The van der Waals surface area contributed by atoms with Crippen LogP contribution in [0.4, 0.5) is 0 Å². The van der Waals surface area contributed by atoms with Gasteiger partial charge >= 0.3 is 5.71 Å². The Bertz CT molecular complexity index is 328. The van der Waals surface area contributed by atoms with Crippen LogP contribution in [-0.4, -0.2) is 16.3 Å². The molecule has 3 fully saturated rings. The van der Waals surface area contributed by atoms with Crippen LogP contribution in [0.15, 0.2) is 0 Å². The highest BCUT2D eigenvalue weighted by Crippen LogP contribution is 2.52. The van der Waals surface area contributed by atoms with Gasteiger partial charge in [0.05, 0.1) is 5.92 Å². The Morgan fingerprint density at radius 2 is 2.08 bits per heavy atom. The van der Waals surface area contributed by atoms with Crippen molar-refractivity contribution >= 4 is 11.5 Å². The molecule has 0 heterocycles. The van der Waals surface area contributed by atoms with Gasteiger partial charge in [0.1, 0.15) is 0 Å². The Balaban J connectivity index is 2.10. The van der Waals surface area contributed by atoms with E-state index < -0.39 is 0 Å². The van der Waals surface area contributed by atoms with E-state index in [0.29, 0.717) is 11.6 Å². The Hall–Kier alpha value is -0.950. The maximum absolute atomic E-state index is 11.8. The molecule has 3 saturated carbocycles. The third kappa shape index (κ3) is 0.829. The molecule has 13 heavy (non-hydrogen) atoms. The first-order valence-corrected chi connectivity index (χ1v) is 5.05. The first-order chi connectivity index (χ1) is 6.29. The Labute approximate surface area is 76.8 Å². The number of rotatable bonds is 0. The summed E-state index contributed by atoms with van der Waals surface area (Å²) in [4.78, 5) is 15.0. The summed E-state index contributed by atoms with van der Waals surface area (Å²) < 4.78 is 0. The summed E-state index contributed by atoms with van der Waals surface area (Å²) in [6.45, 7) is 0. The highest BCUT2D eigenvalue weighted by molar-refractivity contribution is 6.39. The molecule has 3 aliphatic rings. The molecule has 3 bridgehead atoms. The lowest BCUT2D eigenvalue weighted by molar-refractivity contribution is -0.124. The van der Waals surface area contributed by atoms with Gasteiger partial charge in [0.2, 0.25) is 5.78 Å². The summed E-state index contributed by atoms with van der Waals surface area (Å²) in [6.07, 6.45) is 4.47. The zero-order valence-corrected chi connectivity index (χ0v) is 7.44. The Morgan fingerprint density at radius 3 is 2.85 bits per heavy atom. The third-order valence-electron chi connectivity index (χ3n) is 4.08. The molecule has 3 aliphatic carbocycles. The fourth-order valence-electron chi connectivity index (χ4n) is 3.62. The molecule has 0 N–H and O–H groups in total. The number of carbonyl (C=O) groups excluding carboxylic acids is 1. The molecule has 0 saturated heterocycles. The summed E-state index contributed by atoms with van der Waals surface area (Å²) in [5.41, 5.74) is 9.25. The summed E-state index contributed by atoms with van der Waals surface area (Å²) in [6, 6.07) is 0. The quantitative estimate of drug-likeness (QED) is 0.405. The highest BCUT2D eigenvalue weighted by Gasteiger charge is 2.55. The van der Waals surface area contributed by atoms with Crippen LogP contribution in [0.5, 0.6) is 0 Å². The number of Topliss-reactive ketones (excluding diaryl/α,β-unsaturated/α-hetero) is 1. The van der Waals surface area contributed by atoms with Crippen molar-refractivity contribution in [3.63, 3.8) is 0 Å².